The highest BCUT2D eigenvalue weighted by molar-refractivity contribution is 7.99. The van der Waals surface area contributed by atoms with Gasteiger partial charge in [-0.1, -0.05) is 11.8 Å². The first-order valence-corrected chi connectivity index (χ1v) is 9.57. The van der Waals surface area contributed by atoms with Crippen LogP contribution in [0.5, 0.6) is 0 Å². The molecule has 0 aliphatic heterocycles. The number of nitrogens with zero attached hydrogens (tertiary/aromatic N) is 4. The summed E-state index contributed by atoms with van der Waals surface area (Å²) in [5.41, 5.74) is 0.959. The molecule has 3 rings (SSSR count). The Bertz CT molecular complexity index is 773. The Morgan fingerprint density at radius 2 is 1.96 bits per heavy atom. The second-order valence-electron chi connectivity index (χ2n) is 6.43. The highest BCUT2D eigenvalue weighted by Crippen LogP contribution is 2.40. The van der Waals surface area contributed by atoms with Crippen LogP contribution in [-0.2, 0) is 9.59 Å². The van der Waals surface area contributed by atoms with Crippen LogP contribution in [0.15, 0.2) is 29.7 Å². The van der Waals surface area contributed by atoms with E-state index in [1.165, 1.54) is 11.8 Å². The van der Waals surface area contributed by atoms with Crippen molar-refractivity contribution in [2.75, 3.05) is 12.3 Å². The van der Waals surface area contributed by atoms with Gasteiger partial charge < -0.3 is 10.6 Å². The van der Waals surface area contributed by atoms with Gasteiger partial charge in [0, 0.05) is 30.0 Å². The summed E-state index contributed by atoms with van der Waals surface area (Å²) in [5.74, 6) is 0.592. The summed E-state index contributed by atoms with van der Waals surface area (Å²) in [6.45, 7) is 3.73. The van der Waals surface area contributed by atoms with Crippen molar-refractivity contribution in [2.24, 2.45) is 0 Å². The number of aromatic nitrogens is 4. The summed E-state index contributed by atoms with van der Waals surface area (Å²) in [5, 5.41) is 14.6. The molecule has 138 valence electrons. The molecule has 0 atom stereocenters. The van der Waals surface area contributed by atoms with Crippen molar-refractivity contribution in [3.63, 3.8) is 0 Å². The summed E-state index contributed by atoms with van der Waals surface area (Å²) in [6, 6.07) is 4.24. The third-order valence-corrected chi connectivity index (χ3v) is 4.69. The van der Waals surface area contributed by atoms with E-state index in [-0.39, 0.29) is 30.2 Å². The number of nitrogens with one attached hydrogen (secondary N) is 2. The molecule has 0 spiro atoms. The van der Waals surface area contributed by atoms with Crippen LogP contribution in [-0.4, -0.2) is 49.9 Å². The summed E-state index contributed by atoms with van der Waals surface area (Å²) in [4.78, 5) is 27.6. The Labute approximate surface area is 156 Å². The number of carbonyl (C=O) groups excluding carboxylic acids is 2. The monoisotopic (exact) mass is 374 g/mol. The van der Waals surface area contributed by atoms with E-state index in [9.17, 15) is 9.59 Å². The van der Waals surface area contributed by atoms with Gasteiger partial charge in [0.15, 0.2) is 11.0 Å². The molecule has 2 N–H and O–H groups in total. The SMILES string of the molecule is CC(C)NC(=O)CNC(=O)CSc1nnc(-c2ccncc2)n1C1CC1. The van der Waals surface area contributed by atoms with Gasteiger partial charge in [-0.2, -0.15) is 0 Å². The molecule has 0 unspecified atom stereocenters. The Morgan fingerprint density at radius 3 is 2.62 bits per heavy atom. The van der Waals surface area contributed by atoms with E-state index in [0.717, 1.165) is 29.4 Å². The molecule has 8 nitrogen and oxygen atoms in total. The van der Waals surface area contributed by atoms with Gasteiger partial charge in [-0.15, -0.1) is 10.2 Å². The lowest BCUT2D eigenvalue weighted by molar-refractivity contribution is -0.125. The van der Waals surface area contributed by atoms with E-state index in [1.54, 1.807) is 12.4 Å². The summed E-state index contributed by atoms with van der Waals surface area (Å²) < 4.78 is 2.10. The molecule has 2 heterocycles. The molecular formula is C17H22N6O2S. The quantitative estimate of drug-likeness (QED) is 0.678. The summed E-state index contributed by atoms with van der Waals surface area (Å²) >= 11 is 1.33. The standard InChI is InChI=1S/C17H22N6O2S/c1-11(2)20-14(24)9-19-15(25)10-26-17-22-21-16(23(17)13-3-4-13)12-5-7-18-8-6-12/h5-8,11,13H,3-4,9-10H2,1-2H3,(H,19,25)(H,20,24). The van der Waals surface area contributed by atoms with Crippen LogP contribution >= 0.6 is 11.8 Å². The second-order valence-corrected chi connectivity index (χ2v) is 7.37. The average molecular weight is 374 g/mol. The minimum atomic E-state index is -0.204. The lowest BCUT2D eigenvalue weighted by Crippen LogP contribution is -2.40. The molecule has 0 aromatic carbocycles. The Balaban J connectivity index is 1.59. The van der Waals surface area contributed by atoms with Gasteiger partial charge in [-0.05, 0) is 38.8 Å². The highest BCUT2D eigenvalue weighted by Gasteiger charge is 2.30. The van der Waals surface area contributed by atoms with Gasteiger partial charge in [0.25, 0.3) is 0 Å². The van der Waals surface area contributed by atoms with E-state index in [4.69, 9.17) is 0 Å². The van der Waals surface area contributed by atoms with Crippen LogP contribution in [0.4, 0.5) is 0 Å². The fourth-order valence-corrected chi connectivity index (χ4v) is 3.30. The number of pyridine rings is 1. The van der Waals surface area contributed by atoms with Gasteiger partial charge in [-0.3, -0.25) is 19.1 Å². The smallest absolute Gasteiger partial charge is 0.239 e. The molecule has 2 aromatic heterocycles. The van der Waals surface area contributed by atoms with Crippen molar-refractivity contribution in [3.05, 3.63) is 24.5 Å². The average Bonchev–Trinajstić information content (AvgIpc) is 3.37. The number of hydrogen-bond donors (Lipinski definition) is 2. The fraction of sp³-hybridized carbons (Fsp3) is 0.471. The summed E-state index contributed by atoms with van der Waals surface area (Å²) in [6.07, 6.45) is 5.63. The minimum absolute atomic E-state index is 0.0187. The first-order valence-electron chi connectivity index (χ1n) is 8.58. The maximum atomic E-state index is 12.0. The predicted octanol–water partition coefficient (Wildman–Crippen LogP) is 1.41. The minimum Gasteiger partial charge on any atom is -0.352 e. The number of hydrogen-bond acceptors (Lipinski definition) is 6. The third kappa shape index (κ3) is 4.81. The largest absolute Gasteiger partial charge is 0.352 e. The molecule has 0 bridgehead atoms. The van der Waals surface area contributed by atoms with Gasteiger partial charge >= 0.3 is 0 Å². The maximum Gasteiger partial charge on any atom is 0.239 e. The molecule has 1 fully saturated rings. The zero-order valence-corrected chi connectivity index (χ0v) is 15.6. The number of carbonyl (C=O) groups is 2. The molecular weight excluding hydrogens is 352 g/mol. The van der Waals surface area contributed by atoms with Gasteiger partial charge in [0.2, 0.25) is 11.8 Å². The van der Waals surface area contributed by atoms with Crippen LogP contribution in [0.2, 0.25) is 0 Å². The van der Waals surface area contributed by atoms with E-state index >= 15 is 0 Å². The molecule has 1 saturated carbocycles. The Morgan fingerprint density at radius 1 is 1.23 bits per heavy atom. The lowest BCUT2D eigenvalue weighted by Gasteiger charge is -2.10. The topological polar surface area (TPSA) is 102 Å². The van der Waals surface area contributed by atoms with Crippen LogP contribution in [0.1, 0.15) is 32.7 Å². The Kier molecular flexibility index (Phi) is 5.87. The molecule has 0 saturated heterocycles. The normalized spacial score (nSPS) is 13.7. The lowest BCUT2D eigenvalue weighted by atomic mass is 10.2. The van der Waals surface area contributed by atoms with E-state index in [2.05, 4.69) is 30.4 Å². The van der Waals surface area contributed by atoms with Crippen molar-refractivity contribution >= 4 is 23.6 Å². The summed E-state index contributed by atoms with van der Waals surface area (Å²) in [7, 11) is 0. The van der Waals surface area contributed by atoms with Crippen molar-refractivity contribution in [1.82, 2.24) is 30.4 Å². The zero-order valence-electron chi connectivity index (χ0n) is 14.8. The van der Waals surface area contributed by atoms with Crippen LogP contribution in [0.3, 0.4) is 0 Å². The fourth-order valence-electron chi connectivity index (χ4n) is 2.47. The van der Waals surface area contributed by atoms with Gasteiger partial charge in [0.1, 0.15) is 0 Å². The molecule has 1 aliphatic rings. The highest BCUT2D eigenvalue weighted by atomic mass is 32.2. The van der Waals surface area contributed by atoms with Crippen LogP contribution < -0.4 is 10.6 Å². The molecule has 1 aliphatic carbocycles. The number of thioether (sulfide) groups is 1. The zero-order chi connectivity index (χ0) is 18.5. The second kappa shape index (κ2) is 8.31. The van der Waals surface area contributed by atoms with Crippen molar-refractivity contribution in [3.8, 4) is 11.4 Å². The molecule has 26 heavy (non-hydrogen) atoms. The number of amides is 2. The molecule has 9 heteroatoms. The van der Waals surface area contributed by atoms with E-state index in [0.29, 0.717) is 6.04 Å². The van der Waals surface area contributed by atoms with Gasteiger partial charge in [0.05, 0.1) is 12.3 Å². The van der Waals surface area contributed by atoms with Gasteiger partial charge in [-0.25, -0.2) is 0 Å². The van der Waals surface area contributed by atoms with Crippen molar-refractivity contribution < 1.29 is 9.59 Å². The van der Waals surface area contributed by atoms with Crippen LogP contribution in [0.25, 0.3) is 11.4 Å². The van der Waals surface area contributed by atoms with E-state index < -0.39 is 0 Å². The third-order valence-electron chi connectivity index (χ3n) is 3.74. The maximum absolute atomic E-state index is 12.0. The molecule has 0 radical (unpaired) electrons. The van der Waals surface area contributed by atoms with Crippen molar-refractivity contribution in [2.45, 2.75) is 43.9 Å². The Hall–Kier alpha value is -2.42. The number of rotatable bonds is 8. The first-order chi connectivity index (χ1) is 12.5. The predicted molar refractivity (Wildman–Crippen MR) is 98.5 cm³/mol. The van der Waals surface area contributed by atoms with E-state index in [1.807, 2.05) is 26.0 Å². The van der Waals surface area contributed by atoms with Crippen molar-refractivity contribution in [1.29, 1.82) is 0 Å². The first kappa shape index (κ1) is 18.4. The molecule has 2 amide bonds. The molecule has 2 aromatic rings. The van der Waals surface area contributed by atoms with Crippen LogP contribution in [0, 0.1) is 0 Å².